The van der Waals surface area contributed by atoms with Gasteiger partial charge in [-0.2, -0.15) is 0 Å². The van der Waals surface area contributed by atoms with Crippen LogP contribution in [0.5, 0.6) is 5.75 Å². The smallest absolute Gasteiger partial charge is 0.372 e. The van der Waals surface area contributed by atoms with Crippen LogP contribution in [0.15, 0.2) is 52.4 Å². The van der Waals surface area contributed by atoms with Crippen molar-refractivity contribution in [2.75, 3.05) is 6.61 Å². The van der Waals surface area contributed by atoms with Crippen molar-refractivity contribution in [2.45, 2.75) is 13.3 Å². The van der Waals surface area contributed by atoms with E-state index in [0.29, 0.717) is 11.3 Å². The van der Waals surface area contributed by atoms with Gasteiger partial charge in [0, 0.05) is 18.0 Å². The third-order valence-corrected chi connectivity index (χ3v) is 3.57. The second-order valence-electron chi connectivity index (χ2n) is 4.59. The van der Waals surface area contributed by atoms with Crippen LogP contribution >= 0.6 is 15.9 Å². The van der Waals surface area contributed by atoms with E-state index in [9.17, 15) is 4.79 Å². The van der Waals surface area contributed by atoms with Gasteiger partial charge in [0.2, 0.25) is 0 Å². The molecule has 0 saturated heterocycles. The van der Waals surface area contributed by atoms with Crippen molar-refractivity contribution in [1.82, 2.24) is 4.98 Å². The molecule has 0 amide bonds. The van der Waals surface area contributed by atoms with Crippen LogP contribution in [0.25, 0.3) is 0 Å². The molecule has 120 valence electrons. The highest BCUT2D eigenvalue weighted by Gasteiger charge is 2.08. The topological polar surface area (TPSA) is 86.8 Å². The molecule has 0 atom stereocenters. The van der Waals surface area contributed by atoms with Gasteiger partial charge in [-0.25, -0.2) is 4.79 Å². The van der Waals surface area contributed by atoms with E-state index < -0.39 is 5.97 Å². The van der Waals surface area contributed by atoms with Crippen molar-refractivity contribution in [1.29, 1.82) is 0 Å². The molecule has 6 nitrogen and oxygen atoms in total. The molecule has 1 aromatic heterocycles. The number of ether oxygens (including phenoxy) is 1. The lowest BCUT2D eigenvalue weighted by atomic mass is 10.2. The zero-order chi connectivity index (χ0) is 16.7. The zero-order valence-corrected chi connectivity index (χ0v) is 14.1. The minimum absolute atomic E-state index is 0.0694. The first-order valence-electron chi connectivity index (χ1n) is 6.95. The second-order valence-corrected chi connectivity index (χ2v) is 5.44. The lowest BCUT2D eigenvalue weighted by molar-refractivity contribution is -0.146. The van der Waals surface area contributed by atoms with Gasteiger partial charge in [0.25, 0.3) is 0 Å². The molecule has 2 rings (SSSR count). The summed E-state index contributed by atoms with van der Waals surface area (Å²) in [5.41, 5.74) is 7.43. The zero-order valence-electron chi connectivity index (χ0n) is 12.5. The largest absolute Gasteiger partial charge is 0.481 e. The predicted octanol–water partition coefficient (Wildman–Crippen LogP) is 2.65. The van der Waals surface area contributed by atoms with Gasteiger partial charge >= 0.3 is 5.97 Å². The highest BCUT2D eigenvalue weighted by molar-refractivity contribution is 9.10. The average molecular weight is 378 g/mol. The quantitative estimate of drug-likeness (QED) is 0.362. The molecule has 1 heterocycles. The Hall–Kier alpha value is -2.41. The molecular formula is C16H16BrN3O3. The molecule has 2 aromatic rings. The predicted molar refractivity (Wildman–Crippen MR) is 90.1 cm³/mol. The monoisotopic (exact) mass is 377 g/mol. The minimum Gasteiger partial charge on any atom is -0.481 e. The summed E-state index contributed by atoms with van der Waals surface area (Å²) in [5.74, 6) is -0.0217. The Labute approximate surface area is 142 Å². The Morgan fingerprint density at radius 2 is 2.22 bits per heavy atom. The van der Waals surface area contributed by atoms with E-state index in [0.717, 1.165) is 10.9 Å². The van der Waals surface area contributed by atoms with E-state index in [-0.39, 0.29) is 12.4 Å². The Bertz CT molecular complexity index is 705. The molecule has 0 spiro atoms. The SMILES string of the molecule is CCc1ccc(OCC(=O)ON=C(N)c2cccnc2)c(Br)c1. The number of aromatic nitrogens is 1. The summed E-state index contributed by atoms with van der Waals surface area (Å²) in [6.07, 6.45) is 4.05. The molecule has 0 bridgehead atoms. The first-order valence-corrected chi connectivity index (χ1v) is 7.74. The summed E-state index contributed by atoms with van der Waals surface area (Å²) in [4.78, 5) is 20.3. The standard InChI is InChI=1S/C16H16BrN3O3/c1-2-11-5-6-14(13(17)8-11)22-10-15(21)23-20-16(18)12-4-3-7-19-9-12/h3-9H,2,10H2,1H3,(H2,18,20). The average Bonchev–Trinajstić information content (AvgIpc) is 2.59. The number of nitrogens with zero attached hydrogens (tertiary/aromatic N) is 2. The number of carbonyl (C=O) groups is 1. The molecule has 0 aliphatic rings. The first-order chi connectivity index (χ1) is 11.1. The molecule has 0 unspecified atom stereocenters. The van der Waals surface area contributed by atoms with E-state index >= 15 is 0 Å². The van der Waals surface area contributed by atoms with E-state index in [1.165, 1.54) is 11.8 Å². The Morgan fingerprint density at radius 3 is 2.87 bits per heavy atom. The first kappa shape index (κ1) is 17.0. The lowest BCUT2D eigenvalue weighted by Crippen LogP contribution is -2.18. The van der Waals surface area contributed by atoms with Crippen molar-refractivity contribution in [3.8, 4) is 5.75 Å². The Morgan fingerprint density at radius 1 is 1.39 bits per heavy atom. The number of rotatable bonds is 6. The molecule has 0 aliphatic heterocycles. The molecule has 0 saturated carbocycles. The van der Waals surface area contributed by atoms with Crippen LogP contribution in [0.4, 0.5) is 0 Å². The molecule has 7 heteroatoms. The number of hydrogen-bond acceptors (Lipinski definition) is 5. The van der Waals surface area contributed by atoms with E-state index in [1.54, 1.807) is 24.4 Å². The van der Waals surface area contributed by atoms with Gasteiger partial charge < -0.3 is 15.3 Å². The molecule has 23 heavy (non-hydrogen) atoms. The van der Waals surface area contributed by atoms with Gasteiger partial charge in [0.15, 0.2) is 12.4 Å². The van der Waals surface area contributed by atoms with E-state index in [4.69, 9.17) is 15.3 Å². The number of amidine groups is 1. The van der Waals surface area contributed by atoms with Gasteiger partial charge in [-0.15, -0.1) is 0 Å². The third-order valence-electron chi connectivity index (χ3n) is 2.95. The summed E-state index contributed by atoms with van der Waals surface area (Å²) in [6.45, 7) is 1.79. The number of nitrogens with two attached hydrogens (primary N) is 1. The highest BCUT2D eigenvalue weighted by atomic mass is 79.9. The molecule has 2 N–H and O–H groups in total. The van der Waals surface area contributed by atoms with Crippen molar-refractivity contribution >= 4 is 27.7 Å². The van der Waals surface area contributed by atoms with Crippen LogP contribution in [0.2, 0.25) is 0 Å². The van der Waals surface area contributed by atoms with Crippen molar-refractivity contribution < 1.29 is 14.4 Å². The Kier molecular flexibility index (Phi) is 6.10. The van der Waals surface area contributed by atoms with Gasteiger partial charge in [0.05, 0.1) is 4.47 Å². The molecule has 0 radical (unpaired) electrons. The fraction of sp³-hybridized carbons (Fsp3) is 0.188. The number of carbonyl (C=O) groups excluding carboxylic acids is 1. The molecule has 0 fully saturated rings. The number of oxime groups is 1. The van der Waals surface area contributed by atoms with Crippen LogP contribution < -0.4 is 10.5 Å². The summed E-state index contributed by atoms with van der Waals surface area (Å²) < 4.78 is 6.17. The van der Waals surface area contributed by atoms with Crippen molar-refractivity contribution in [2.24, 2.45) is 10.9 Å². The minimum atomic E-state index is -0.650. The molecule has 0 aliphatic carbocycles. The van der Waals surface area contributed by atoms with Gasteiger partial charge in [-0.1, -0.05) is 18.1 Å². The van der Waals surface area contributed by atoms with Crippen LogP contribution in [-0.4, -0.2) is 23.4 Å². The highest BCUT2D eigenvalue weighted by Crippen LogP contribution is 2.26. The van der Waals surface area contributed by atoms with Crippen LogP contribution in [0.3, 0.4) is 0 Å². The number of aryl methyl sites for hydroxylation is 1. The summed E-state index contributed by atoms with van der Waals surface area (Å²) in [7, 11) is 0. The van der Waals surface area contributed by atoms with E-state index in [1.807, 2.05) is 12.1 Å². The van der Waals surface area contributed by atoms with Crippen LogP contribution in [0.1, 0.15) is 18.1 Å². The normalized spacial score (nSPS) is 11.1. The maximum Gasteiger partial charge on any atom is 0.372 e. The van der Waals surface area contributed by atoms with Crippen LogP contribution in [0, 0.1) is 0 Å². The number of pyridine rings is 1. The lowest BCUT2D eigenvalue weighted by Gasteiger charge is -2.08. The number of benzene rings is 1. The molecule has 1 aromatic carbocycles. The number of halogens is 1. The summed E-state index contributed by atoms with van der Waals surface area (Å²) in [6, 6.07) is 9.09. The second kappa shape index (κ2) is 8.28. The summed E-state index contributed by atoms with van der Waals surface area (Å²) >= 11 is 3.40. The maximum atomic E-state index is 11.6. The third kappa shape index (κ3) is 5.07. The Balaban J connectivity index is 1.88. The molecular weight excluding hydrogens is 362 g/mol. The van der Waals surface area contributed by atoms with Gasteiger partial charge in [-0.3, -0.25) is 4.98 Å². The van der Waals surface area contributed by atoms with E-state index in [2.05, 4.69) is 33.0 Å². The fourth-order valence-electron chi connectivity index (χ4n) is 1.71. The van der Waals surface area contributed by atoms with Crippen molar-refractivity contribution in [3.05, 3.63) is 58.3 Å². The van der Waals surface area contributed by atoms with Gasteiger partial charge in [-0.05, 0) is 52.2 Å². The van der Waals surface area contributed by atoms with Crippen LogP contribution in [-0.2, 0) is 16.1 Å². The number of hydrogen-bond donors (Lipinski definition) is 1. The summed E-state index contributed by atoms with van der Waals surface area (Å²) in [5, 5.41) is 3.57. The van der Waals surface area contributed by atoms with Crippen molar-refractivity contribution in [3.63, 3.8) is 0 Å². The fourth-order valence-corrected chi connectivity index (χ4v) is 2.25. The maximum absolute atomic E-state index is 11.6. The van der Waals surface area contributed by atoms with Gasteiger partial charge in [0.1, 0.15) is 5.75 Å².